The van der Waals surface area contributed by atoms with Gasteiger partial charge in [-0.15, -0.1) is 0 Å². The number of phenolic OH excluding ortho intramolecular Hbond substituents is 1. The highest BCUT2D eigenvalue weighted by Gasteiger charge is 2.41. The summed E-state index contributed by atoms with van der Waals surface area (Å²) in [5.74, 6) is -0.305. The van der Waals surface area contributed by atoms with E-state index >= 15 is 0 Å². The van der Waals surface area contributed by atoms with Gasteiger partial charge in [0.15, 0.2) is 0 Å². The molecule has 0 fully saturated rings. The first-order valence-electron chi connectivity index (χ1n) is 7.73. The number of nitro groups is 1. The number of aromatic hydroxyl groups is 1. The van der Waals surface area contributed by atoms with Crippen molar-refractivity contribution in [1.29, 1.82) is 0 Å². The zero-order valence-electron chi connectivity index (χ0n) is 13.5. The van der Waals surface area contributed by atoms with Crippen LogP contribution in [0.1, 0.15) is 30.9 Å². The van der Waals surface area contributed by atoms with Crippen molar-refractivity contribution in [1.82, 2.24) is 0 Å². The number of phenols is 1. The fourth-order valence-electron chi connectivity index (χ4n) is 3.33. The molecule has 5 heteroatoms. The van der Waals surface area contributed by atoms with E-state index in [0.29, 0.717) is 5.71 Å². The van der Waals surface area contributed by atoms with Crippen LogP contribution in [0.4, 0.5) is 0 Å². The van der Waals surface area contributed by atoms with Gasteiger partial charge in [0.05, 0.1) is 11.6 Å². The first kappa shape index (κ1) is 15.9. The summed E-state index contributed by atoms with van der Waals surface area (Å²) in [6.07, 6.45) is 0. The molecule has 122 valence electrons. The van der Waals surface area contributed by atoms with Crippen LogP contribution in [0.5, 0.6) is 5.75 Å². The van der Waals surface area contributed by atoms with Crippen molar-refractivity contribution in [3.63, 3.8) is 0 Å². The molecule has 1 N–H and O–H groups in total. The summed E-state index contributed by atoms with van der Waals surface area (Å²) in [5.41, 5.74) is 3.86. The highest BCUT2D eigenvalue weighted by atomic mass is 16.6. The van der Waals surface area contributed by atoms with E-state index in [1.165, 1.54) is 0 Å². The average molecular weight is 322 g/mol. The maximum Gasteiger partial charge on any atom is 0.261 e. The third kappa shape index (κ3) is 2.80. The Morgan fingerprint density at radius 3 is 2.25 bits per heavy atom. The van der Waals surface area contributed by atoms with E-state index in [9.17, 15) is 15.2 Å². The fraction of sp³-hybridized carbons (Fsp3) is 0.211. The maximum atomic E-state index is 11.8. The quantitative estimate of drug-likeness (QED) is 0.685. The first-order chi connectivity index (χ1) is 11.5. The summed E-state index contributed by atoms with van der Waals surface area (Å²) in [6.45, 7) is 3.58. The Morgan fingerprint density at radius 1 is 1.04 bits per heavy atom. The van der Waals surface area contributed by atoms with E-state index in [2.05, 4.69) is 4.99 Å². The van der Waals surface area contributed by atoms with Crippen LogP contribution in [0.2, 0.25) is 0 Å². The first-order valence-corrected chi connectivity index (χ1v) is 7.73. The number of hydrogen-bond donors (Lipinski definition) is 1. The second-order valence-corrected chi connectivity index (χ2v) is 5.92. The van der Waals surface area contributed by atoms with Crippen LogP contribution in [0.3, 0.4) is 0 Å². The monoisotopic (exact) mass is 322 g/mol. The number of nitrogens with zero attached hydrogens (tertiary/aromatic N) is 2. The highest BCUT2D eigenvalue weighted by Crippen LogP contribution is 2.42. The Hall–Kier alpha value is -2.95. The van der Waals surface area contributed by atoms with E-state index in [-0.39, 0.29) is 10.7 Å². The van der Waals surface area contributed by atoms with E-state index in [4.69, 9.17) is 0 Å². The third-order valence-electron chi connectivity index (χ3n) is 4.35. The number of benzene rings is 2. The van der Waals surface area contributed by atoms with Gasteiger partial charge in [0.2, 0.25) is 0 Å². The van der Waals surface area contributed by atoms with Crippen LogP contribution in [-0.4, -0.2) is 21.8 Å². The molecule has 1 heterocycles. The van der Waals surface area contributed by atoms with Crippen LogP contribution in [0, 0.1) is 10.1 Å². The summed E-state index contributed by atoms with van der Waals surface area (Å²) in [6, 6.07) is 15.3. The highest BCUT2D eigenvalue weighted by molar-refractivity contribution is 5.95. The molecule has 2 aromatic carbocycles. The Labute approximate surface area is 140 Å². The smallest absolute Gasteiger partial charge is 0.261 e. The Bertz CT molecular complexity index is 823. The zero-order valence-corrected chi connectivity index (χ0v) is 13.5. The Balaban J connectivity index is 2.23. The minimum absolute atomic E-state index is 0.138. The molecule has 0 spiro atoms. The van der Waals surface area contributed by atoms with Gasteiger partial charge in [0.1, 0.15) is 5.75 Å². The summed E-state index contributed by atoms with van der Waals surface area (Å²) in [4.78, 5) is 15.9. The van der Waals surface area contributed by atoms with Gasteiger partial charge in [-0.2, -0.15) is 0 Å². The third-order valence-corrected chi connectivity index (χ3v) is 4.35. The van der Waals surface area contributed by atoms with Crippen molar-refractivity contribution in [3.8, 4) is 5.75 Å². The minimum atomic E-state index is -0.923. The lowest BCUT2D eigenvalue weighted by Crippen LogP contribution is -2.37. The van der Waals surface area contributed by atoms with Crippen molar-refractivity contribution in [3.05, 3.63) is 81.5 Å². The van der Waals surface area contributed by atoms with Crippen LogP contribution in [0.15, 0.2) is 65.3 Å². The molecule has 0 saturated heterocycles. The average Bonchev–Trinajstić information content (AvgIpc) is 2.55. The molecule has 0 saturated carbocycles. The predicted octanol–water partition coefficient (Wildman–Crippen LogP) is 4.03. The maximum absolute atomic E-state index is 11.8. The van der Waals surface area contributed by atoms with Crippen LogP contribution in [0.25, 0.3) is 5.57 Å². The number of aliphatic imine (C=N–C) groups is 1. The summed E-state index contributed by atoms with van der Waals surface area (Å²) in [5, 5.41) is 21.3. The molecule has 2 atom stereocenters. The summed E-state index contributed by atoms with van der Waals surface area (Å²) in [7, 11) is 0. The van der Waals surface area contributed by atoms with Gasteiger partial charge >= 0.3 is 0 Å². The lowest BCUT2D eigenvalue weighted by molar-refractivity contribution is -0.504. The Kier molecular flexibility index (Phi) is 4.16. The largest absolute Gasteiger partial charge is 0.508 e. The Morgan fingerprint density at radius 2 is 1.67 bits per heavy atom. The van der Waals surface area contributed by atoms with Gasteiger partial charge in [-0.3, -0.25) is 15.1 Å². The molecule has 0 bridgehead atoms. The topological polar surface area (TPSA) is 75.7 Å². The predicted molar refractivity (Wildman–Crippen MR) is 93.8 cm³/mol. The van der Waals surface area contributed by atoms with Gasteiger partial charge in [-0.05, 0) is 42.7 Å². The van der Waals surface area contributed by atoms with E-state index < -0.39 is 12.0 Å². The molecule has 24 heavy (non-hydrogen) atoms. The molecule has 5 nitrogen and oxygen atoms in total. The van der Waals surface area contributed by atoms with Gasteiger partial charge in [0.25, 0.3) is 6.04 Å². The van der Waals surface area contributed by atoms with Crippen LogP contribution in [-0.2, 0) is 0 Å². The minimum Gasteiger partial charge on any atom is -0.508 e. The normalized spacial score (nSPS) is 20.7. The number of hydrogen-bond acceptors (Lipinski definition) is 4. The van der Waals surface area contributed by atoms with Crippen molar-refractivity contribution in [2.24, 2.45) is 4.99 Å². The molecular formula is C19H18N2O3. The molecule has 0 aromatic heterocycles. The molecule has 0 amide bonds. The van der Waals surface area contributed by atoms with E-state index in [1.807, 2.05) is 37.3 Å². The molecule has 3 rings (SSSR count). The van der Waals surface area contributed by atoms with E-state index in [1.54, 1.807) is 31.2 Å². The van der Waals surface area contributed by atoms with Crippen molar-refractivity contribution < 1.29 is 10.0 Å². The zero-order chi connectivity index (χ0) is 17.3. The number of rotatable bonds is 3. The molecule has 2 unspecified atom stereocenters. The van der Waals surface area contributed by atoms with Gasteiger partial charge < -0.3 is 5.11 Å². The molecule has 1 aliphatic heterocycles. The molecule has 0 radical (unpaired) electrons. The fourth-order valence-corrected chi connectivity index (χ4v) is 3.33. The lowest BCUT2D eigenvalue weighted by atomic mass is 9.77. The van der Waals surface area contributed by atoms with Gasteiger partial charge in [0, 0.05) is 10.6 Å². The van der Waals surface area contributed by atoms with Crippen LogP contribution < -0.4 is 0 Å². The molecular weight excluding hydrogens is 304 g/mol. The molecule has 2 aromatic rings. The van der Waals surface area contributed by atoms with Crippen molar-refractivity contribution in [2.75, 3.05) is 0 Å². The summed E-state index contributed by atoms with van der Waals surface area (Å²) >= 11 is 0. The van der Waals surface area contributed by atoms with Gasteiger partial charge in [-0.1, -0.05) is 42.5 Å². The van der Waals surface area contributed by atoms with E-state index in [0.717, 1.165) is 22.4 Å². The molecule has 1 aliphatic rings. The second-order valence-electron chi connectivity index (χ2n) is 5.92. The SMILES string of the molecule is CC1=NC(C)=C(c2ccccc2)C(c2ccc(O)cc2)C1[N+](=O)[O-]. The van der Waals surface area contributed by atoms with Crippen LogP contribution >= 0.6 is 0 Å². The molecule has 0 aliphatic carbocycles. The van der Waals surface area contributed by atoms with Gasteiger partial charge in [-0.25, -0.2) is 0 Å². The second kappa shape index (κ2) is 6.28. The standard InChI is InChI=1S/C19H18N2O3/c1-12-17(14-6-4-3-5-7-14)18(15-8-10-16(22)11-9-15)19(21(23)24)13(2)20-12/h3-11,18-19,22H,1-2H3. The van der Waals surface area contributed by atoms with Crippen molar-refractivity contribution >= 4 is 11.3 Å². The lowest BCUT2D eigenvalue weighted by Gasteiger charge is -2.29. The summed E-state index contributed by atoms with van der Waals surface area (Å²) < 4.78 is 0. The number of allylic oxidation sites excluding steroid dienone is 1. The van der Waals surface area contributed by atoms with Crippen molar-refractivity contribution in [2.45, 2.75) is 25.8 Å².